The number of fused-ring (bicyclic) bond motifs is 1. The van der Waals surface area contributed by atoms with Crippen LogP contribution in [0, 0.1) is 10.1 Å². The zero-order valence-electron chi connectivity index (χ0n) is 13.4. The predicted octanol–water partition coefficient (Wildman–Crippen LogP) is 3.92. The van der Waals surface area contributed by atoms with Gasteiger partial charge in [0.2, 0.25) is 5.91 Å². The summed E-state index contributed by atoms with van der Waals surface area (Å²) in [6, 6.07) is 6.62. The third-order valence-electron chi connectivity index (χ3n) is 3.66. The van der Waals surface area contributed by atoms with Gasteiger partial charge in [0, 0.05) is 6.07 Å². The molecule has 0 saturated heterocycles. The summed E-state index contributed by atoms with van der Waals surface area (Å²) in [7, 11) is 0. The van der Waals surface area contributed by atoms with E-state index < -0.39 is 16.8 Å². The number of amides is 1. The highest BCUT2D eigenvalue weighted by Crippen LogP contribution is 2.35. The molecule has 0 bridgehead atoms. The number of benzene rings is 2. The van der Waals surface area contributed by atoms with Crippen LogP contribution in [0.25, 0.3) is 0 Å². The molecule has 0 radical (unpaired) electrons. The average molecular weight is 431 g/mol. The second-order valence-electron chi connectivity index (χ2n) is 5.53. The van der Waals surface area contributed by atoms with Gasteiger partial charge in [0.25, 0.3) is 5.69 Å². The van der Waals surface area contributed by atoms with Crippen LogP contribution in [-0.2, 0) is 9.59 Å². The number of rotatable bonds is 4. The van der Waals surface area contributed by atoms with Gasteiger partial charge < -0.3 is 15.0 Å². The Morgan fingerprint density at radius 3 is 2.59 bits per heavy atom. The van der Waals surface area contributed by atoms with Crippen molar-refractivity contribution in [2.24, 2.45) is 0 Å². The maximum Gasteiger partial charge on any atom is 0.331 e. The minimum atomic E-state index is -0.636. The van der Waals surface area contributed by atoms with Gasteiger partial charge in [-0.1, -0.05) is 34.8 Å². The Kier molecular flexibility index (Phi) is 5.41. The lowest BCUT2D eigenvalue weighted by molar-refractivity contribution is -0.384. The van der Waals surface area contributed by atoms with E-state index in [0.717, 1.165) is 6.07 Å². The molecule has 140 valence electrons. The number of nitro benzene ring substituents is 1. The Balaban J connectivity index is 1.80. The van der Waals surface area contributed by atoms with E-state index in [9.17, 15) is 19.7 Å². The van der Waals surface area contributed by atoms with Gasteiger partial charge in [-0.15, -0.1) is 0 Å². The number of nitrogens with one attached hydrogen (secondary N) is 1. The fourth-order valence-electron chi connectivity index (χ4n) is 2.48. The van der Waals surface area contributed by atoms with Crippen LogP contribution in [0.1, 0.15) is 0 Å². The number of nitrogens with zero attached hydrogens (tertiary/aromatic N) is 2. The number of anilines is 2. The molecule has 11 heteroatoms. The minimum Gasteiger partial charge on any atom is -0.423 e. The molecular weight excluding hydrogens is 421 g/mol. The second-order valence-corrected chi connectivity index (χ2v) is 6.76. The quantitative estimate of drug-likeness (QED) is 0.259. The first-order chi connectivity index (χ1) is 12.7. The third-order valence-corrected chi connectivity index (χ3v) is 4.69. The van der Waals surface area contributed by atoms with E-state index in [-0.39, 0.29) is 45.3 Å². The van der Waals surface area contributed by atoms with Gasteiger partial charge in [-0.2, -0.15) is 0 Å². The molecule has 8 nitrogen and oxygen atoms in total. The van der Waals surface area contributed by atoms with Gasteiger partial charge in [-0.05, 0) is 18.2 Å². The summed E-state index contributed by atoms with van der Waals surface area (Å²) in [5.74, 6) is -1.10. The molecule has 1 aliphatic heterocycles. The number of hydrogen-bond acceptors (Lipinski definition) is 6. The Morgan fingerprint density at radius 1 is 1.19 bits per heavy atom. The smallest absolute Gasteiger partial charge is 0.331 e. The van der Waals surface area contributed by atoms with Crippen molar-refractivity contribution in [2.45, 2.75) is 0 Å². The molecule has 0 fully saturated rings. The first-order valence-electron chi connectivity index (χ1n) is 7.43. The van der Waals surface area contributed by atoms with Crippen LogP contribution in [0.15, 0.2) is 30.3 Å². The first-order valence-corrected chi connectivity index (χ1v) is 8.56. The lowest BCUT2D eigenvalue weighted by atomic mass is 10.2. The average Bonchev–Trinajstić information content (AvgIpc) is 2.58. The van der Waals surface area contributed by atoms with Gasteiger partial charge in [-0.25, -0.2) is 4.79 Å². The number of esters is 1. The molecule has 0 aromatic heterocycles. The van der Waals surface area contributed by atoms with Crippen molar-refractivity contribution in [1.29, 1.82) is 0 Å². The molecule has 2 aromatic carbocycles. The Labute approximate surface area is 167 Å². The van der Waals surface area contributed by atoms with Crippen LogP contribution >= 0.6 is 34.8 Å². The Hall–Kier alpha value is -2.55. The van der Waals surface area contributed by atoms with E-state index >= 15 is 0 Å². The van der Waals surface area contributed by atoms with Crippen LogP contribution < -0.4 is 15.0 Å². The van der Waals surface area contributed by atoms with E-state index in [2.05, 4.69) is 5.32 Å². The SMILES string of the molecule is O=C(CN1CC(=O)Oc2cc([N+](=O)[O-])ccc21)Nc1cc(Cl)c(Cl)cc1Cl. The van der Waals surface area contributed by atoms with Crippen LogP contribution in [0.2, 0.25) is 15.1 Å². The molecule has 0 aliphatic carbocycles. The molecule has 1 aliphatic rings. The van der Waals surface area contributed by atoms with Crippen molar-refractivity contribution in [3.63, 3.8) is 0 Å². The molecule has 1 N–H and O–H groups in total. The number of non-ortho nitro benzene ring substituents is 1. The van der Waals surface area contributed by atoms with Crippen molar-refractivity contribution in [3.05, 3.63) is 55.5 Å². The van der Waals surface area contributed by atoms with Crippen molar-refractivity contribution in [1.82, 2.24) is 0 Å². The molecule has 27 heavy (non-hydrogen) atoms. The lowest BCUT2D eigenvalue weighted by Crippen LogP contribution is -2.41. The van der Waals surface area contributed by atoms with E-state index in [1.165, 1.54) is 29.2 Å². The first kappa shape index (κ1) is 19.2. The number of nitro groups is 1. The summed E-state index contributed by atoms with van der Waals surface area (Å²) in [6.07, 6.45) is 0. The van der Waals surface area contributed by atoms with Crippen molar-refractivity contribution < 1.29 is 19.2 Å². The zero-order chi connectivity index (χ0) is 19.7. The topological polar surface area (TPSA) is 102 Å². The summed E-state index contributed by atoms with van der Waals surface area (Å²) in [5.41, 5.74) is 0.422. The molecule has 1 heterocycles. The molecule has 2 aromatic rings. The number of carbonyl (C=O) groups is 2. The normalized spacial score (nSPS) is 13.0. The van der Waals surface area contributed by atoms with E-state index in [1.807, 2.05) is 0 Å². The van der Waals surface area contributed by atoms with E-state index in [1.54, 1.807) is 0 Å². The predicted molar refractivity (Wildman–Crippen MR) is 101 cm³/mol. The summed E-state index contributed by atoms with van der Waals surface area (Å²) in [5, 5.41) is 14.1. The molecule has 1 amide bonds. The van der Waals surface area contributed by atoms with Crippen LogP contribution in [0.3, 0.4) is 0 Å². The summed E-state index contributed by atoms with van der Waals surface area (Å²) in [4.78, 5) is 35.8. The lowest BCUT2D eigenvalue weighted by Gasteiger charge is -2.29. The van der Waals surface area contributed by atoms with Crippen LogP contribution in [0.5, 0.6) is 5.75 Å². The summed E-state index contributed by atoms with van der Waals surface area (Å²) in [6.45, 7) is -0.399. The van der Waals surface area contributed by atoms with Gasteiger partial charge in [0.05, 0.1) is 44.0 Å². The third kappa shape index (κ3) is 4.24. The molecule has 0 atom stereocenters. The standard InChI is InChI=1S/C16H10Cl3N3O5/c17-9-4-11(19)12(5-10(9)18)20-15(23)6-21-7-16(24)27-14-3-8(22(25)26)1-2-13(14)21/h1-5H,6-7H2,(H,20,23). The highest BCUT2D eigenvalue weighted by Gasteiger charge is 2.27. The van der Waals surface area contributed by atoms with Gasteiger partial charge in [0.1, 0.15) is 6.54 Å². The van der Waals surface area contributed by atoms with Crippen molar-refractivity contribution in [3.8, 4) is 5.75 Å². The molecule has 0 spiro atoms. The molecule has 0 unspecified atom stereocenters. The summed E-state index contributed by atoms with van der Waals surface area (Å²) < 4.78 is 5.03. The van der Waals surface area contributed by atoms with Crippen molar-refractivity contribution in [2.75, 3.05) is 23.3 Å². The minimum absolute atomic E-state index is 0.0146. The Bertz CT molecular complexity index is 967. The monoisotopic (exact) mass is 429 g/mol. The fraction of sp³-hybridized carbons (Fsp3) is 0.125. The molecular formula is C16H10Cl3N3O5. The number of carbonyl (C=O) groups excluding carboxylic acids is 2. The Morgan fingerprint density at radius 2 is 1.89 bits per heavy atom. The van der Waals surface area contributed by atoms with Gasteiger partial charge in [0.15, 0.2) is 5.75 Å². The number of hydrogen-bond donors (Lipinski definition) is 1. The van der Waals surface area contributed by atoms with Gasteiger partial charge >= 0.3 is 5.97 Å². The highest BCUT2D eigenvalue weighted by atomic mass is 35.5. The van der Waals surface area contributed by atoms with Crippen LogP contribution in [-0.4, -0.2) is 29.9 Å². The number of halogens is 3. The summed E-state index contributed by atoms with van der Waals surface area (Å²) >= 11 is 17.8. The maximum atomic E-state index is 12.4. The molecule has 3 rings (SSSR count). The van der Waals surface area contributed by atoms with Crippen molar-refractivity contribution >= 4 is 63.7 Å². The number of ether oxygens (including phenoxy) is 1. The maximum absolute atomic E-state index is 12.4. The van der Waals surface area contributed by atoms with Gasteiger partial charge in [-0.3, -0.25) is 14.9 Å². The highest BCUT2D eigenvalue weighted by molar-refractivity contribution is 6.44. The largest absolute Gasteiger partial charge is 0.423 e. The molecule has 0 saturated carbocycles. The fourth-order valence-corrected chi connectivity index (χ4v) is 3.07. The second kappa shape index (κ2) is 7.59. The zero-order valence-corrected chi connectivity index (χ0v) is 15.6. The van der Waals surface area contributed by atoms with E-state index in [0.29, 0.717) is 5.69 Å². The van der Waals surface area contributed by atoms with E-state index in [4.69, 9.17) is 39.5 Å². The van der Waals surface area contributed by atoms with Crippen LogP contribution in [0.4, 0.5) is 17.1 Å².